The van der Waals surface area contributed by atoms with Gasteiger partial charge in [0.2, 0.25) is 0 Å². The van der Waals surface area contributed by atoms with E-state index < -0.39 is 0 Å². The van der Waals surface area contributed by atoms with Crippen molar-refractivity contribution in [1.82, 2.24) is 4.90 Å². The maximum atomic E-state index is 12.9. The summed E-state index contributed by atoms with van der Waals surface area (Å²) < 4.78 is 5.74. The summed E-state index contributed by atoms with van der Waals surface area (Å²) in [6.45, 7) is 5.71. The number of anilines is 1. The van der Waals surface area contributed by atoms with Crippen molar-refractivity contribution in [2.24, 2.45) is 0 Å². The molecule has 1 aliphatic rings. The van der Waals surface area contributed by atoms with Crippen LogP contribution in [0.15, 0.2) is 48.5 Å². The van der Waals surface area contributed by atoms with Crippen LogP contribution in [0.3, 0.4) is 0 Å². The van der Waals surface area contributed by atoms with Gasteiger partial charge in [-0.25, -0.2) is 0 Å². The Kier molecular flexibility index (Phi) is 5.59. The summed E-state index contributed by atoms with van der Waals surface area (Å²) in [7, 11) is 0. The summed E-state index contributed by atoms with van der Waals surface area (Å²) in [4.78, 5) is 14.8. The Balaban J connectivity index is 1.83. The minimum atomic E-state index is -0.146. The number of amides is 1. The van der Waals surface area contributed by atoms with Gasteiger partial charge in [0.1, 0.15) is 11.9 Å². The molecular formula is C21H26N2O2. The Morgan fingerprint density at radius 2 is 1.80 bits per heavy atom. The molecule has 0 saturated heterocycles. The summed E-state index contributed by atoms with van der Waals surface area (Å²) in [6.07, 6.45) is 2.95. The number of ether oxygens (including phenoxy) is 1. The average Bonchev–Trinajstić information content (AvgIpc) is 2.65. The molecular weight excluding hydrogens is 312 g/mol. The van der Waals surface area contributed by atoms with Crippen LogP contribution in [0.2, 0.25) is 0 Å². The lowest BCUT2D eigenvalue weighted by atomic mass is 10.0. The number of rotatable bonds is 7. The fourth-order valence-electron chi connectivity index (χ4n) is 3.11. The summed E-state index contributed by atoms with van der Waals surface area (Å²) >= 11 is 0. The predicted molar refractivity (Wildman–Crippen MR) is 101 cm³/mol. The molecule has 25 heavy (non-hydrogen) atoms. The number of nitrogens with zero attached hydrogens (tertiary/aromatic N) is 1. The lowest BCUT2D eigenvalue weighted by molar-refractivity contribution is 0.0683. The summed E-state index contributed by atoms with van der Waals surface area (Å²) in [5.74, 6) is 0.964. The second kappa shape index (κ2) is 8.06. The van der Waals surface area contributed by atoms with Crippen molar-refractivity contribution in [2.45, 2.75) is 39.3 Å². The van der Waals surface area contributed by atoms with E-state index in [1.807, 2.05) is 53.4 Å². The fraction of sp³-hybridized carbons (Fsp3) is 0.381. The van der Waals surface area contributed by atoms with E-state index in [4.69, 9.17) is 4.74 Å². The standard InChI is InChI=1S/C21H26N2O2/c1-3-5-15-25-17-12-10-16(11-13-17)20-22-19-9-7-6-8-18(19)21(24)23(20)14-4-2/h6-13,20,22H,3-5,14-15H2,1-2H3. The third-order valence-corrected chi connectivity index (χ3v) is 4.45. The molecule has 0 aromatic heterocycles. The van der Waals surface area contributed by atoms with Crippen molar-refractivity contribution in [3.05, 3.63) is 59.7 Å². The maximum absolute atomic E-state index is 12.9. The number of nitrogens with one attached hydrogen (secondary N) is 1. The number of para-hydroxylation sites is 1. The van der Waals surface area contributed by atoms with E-state index in [0.29, 0.717) is 0 Å². The molecule has 0 radical (unpaired) electrons. The zero-order valence-corrected chi connectivity index (χ0v) is 15.0. The van der Waals surface area contributed by atoms with Crippen LogP contribution >= 0.6 is 0 Å². The van der Waals surface area contributed by atoms with Gasteiger partial charge in [0.15, 0.2) is 0 Å². The van der Waals surface area contributed by atoms with Gasteiger partial charge in [-0.3, -0.25) is 4.79 Å². The minimum Gasteiger partial charge on any atom is -0.494 e. The zero-order chi connectivity index (χ0) is 17.6. The summed E-state index contributed by atoms with van der Waals surface area (Å²) in [5, 5.41) is 3.51. The molecule has 2 aromatic rings. The quantitative estimate of drug-likeness (QED) is 0.734. The van der Waals surface area contributed by atoms with E-state index in [9.17, 15) is 4.79 Å². The van der Waals surface area contributed by atoms with Crippen LogP contribution in [0.1, 0.15) is 55.2 Å². The van der Waals surface area contributed by atoms with E-state index in [-0.39, 0.29) is 12.1 Å². The van der Waals surface area contributed by atoms with Crippen LogP contribution in [-0.4, -0.2) is 24.0 Å². The van der Waals surface area contributed by atoms with Crippen LogP contribution < -0.4 is 10.1 Å². The van der Waals surface area contributed by atoms with E-state index >= 15 is 0 Å². The lowest BCUT2D eigenvalue weighted by Crippen LogP contribution is -2.43. The minimum absolute atomic E-state index is 0.0875. The molecule has 1 amide bonds. The Bertz CT molecular complexity index is 712. The van der Waals surface area contributed by atoms with Gasteiger partial charge in [-0.2, -0.15) is 0 Å². The first-order valence-electron chi connectivity index (χ1n) is 9.14. The normalized spacial score (nSPS) is 16.3. The molecule has 4 heteroatoms. The van der Waals surface area contributed by atoms with E-state index in [2.05, 4.69) is 19.2 Å². The van der Waals surface area contributed by atoms with Gasteiger partial charge >= 0.3 is 0 Å². The van der Waals surface area contributed by atoms with Gasteiger partial charge in [-0.05, 0) is 42.7 Å². The van der Waals surface area contributed by atoms with Crippen LogP contribution in [0, 0.1) is 0 Å². The molecule has 1 heterocycles. The average molecular weight is 338 g/mol. The second-order valence-electron chi connectivity index (χ2n) is 6.36. The van der Waals surface area contributed by atoms with Gasteiger partial charge in [-0.15, -0.1) is 0 Å². The third-order valence-electron chi connectivity index (χ3n) is 4.45. The fourth-order valence-corrected chi connectivity index (χ4v) is 3.11. The molecule has 1 N–H and O–H groups in total. The van der Waals surface area contributed by atoms with Gasteiger partial charge in [-0.1, -0.05) is 44.5 Å². The van der Waals surface area contributed by atoms with Gasteiger partial charge in [0.25, 0.3) is 5.91 Å². The topological polar surface area (TPSA) is 41.6 Å². The van der Waals surface area contributed by atoms with Crippen LogP contribution in [0.25, 0.3) is 0 Å². The van der Waals surface area contributed by atoms with Crippen LogP contribution in [0.5, 0.6) is 5.75 Å². The highest BCUT2D eigenvalue weighted by Crippen LogP contribution is 2.33. The van der Waals surface area contributed by atoms with Crippen molar-refractivity contribution < 1.29 is 9.53 Å². The van der Waals surface area contributed by atoms with Crippen molar-refractivity contribution in [1.29, 1.82) is 0 Å². The number of hydrogen-bond donors (Lipinski definition) is 1. The molecule has 3 rings (SSSR count). The third kappa shape index (κ3) is 3.78. The molecule has 0 saturated carbocycles. The summed E-state index contributed by atoms with van der Waals surface area (Å²) in [6, 6.07) is 15.8. The molecule has 0 aliphatic carbocycles. The van der Waals surface area contributed by atoms with E-state index in [1.165, 1.54) is 0 Å². The number of benzene rings is 2. The van der Waals surface area contributed by atoms with Gasteiger partial charge in [0, 0.05) is 12.2 Å². The highest BCUT2D eigenvalue weighted by atomic mass is 16.5. The second-order valence-corrected chi connectivity index (χ2v) is 6.36. The van der Waals surface area contributed by atoms with Crippen molar-refractivity contribution in [2.75, 3.05) is 18.5 Å². The lowest BCUT2D eigenvalue weighted by Gasteiger charge is -2.38. The highest BCUT2D eigenvalue weighted by molar-refractivity contribution is 6.01. The smallest absolute Gasteiger partial charge is 0.257 e. The van der Waals surface area contributed by atoms with E-state index in [1.54, 1.807) is 0 Å². The molecule has 0 fully saturated rings. The Morgan fingerprint density at radius 3 is 2.52 bits per heavy atom. The molecule has 132 valence electrons. The number of carbonyl (C=O) groups excluding carboxylic acids is 1. The largest absolute Gasteiger partial charge is 0.494 e. The van der Waals surface area contributed by atoms with E-state index in [0.717, 1.165) is 55.0 Å². The number of carbonyl (C=O) groups is 1. The van der Waals surface area contributed by atoms with Crippen molar-refractivity contribution >= 4 is 11.6 Å². The monoisotopic (exact) mass is 338 g/mol. The van der Waals surface area contributed by atoms with Crippen LogP contribution in [-0.2, 0) is 0 Å². The molecule has 2 aromatic carbocycles. The predicted octanol–water partition coefficient (Wildman–Crippen LogP) is 4.84. The molecule has 0 spiro atoms. The van der Waals surface area contributed by atoms with Crippen LogP contribution in [0.4, 0.5) is 5.69 Å². The first-order valence-corrected chi connectivity index (χ1v) is 9.14. The number of hydrogen-bond acceptors (Lipinski definition) is 3. The van der Waals surface area contributed by atoms with Crippen molar-refractivity contribution in [3.8, 4) is 5.75 Å². The molecule has 4 nitrogen and oxygen atoms in total. The molecule has 1 unspecified atom stereocenters. The molecule has 1 aliphatic heterocycles. The zero-order valence-electron chi connectivity index (χ0n) is 15.0. The first-order chi connectivity index (χ1) is 12.2. The van der Waals surface area contributed by atoms with Gasteiger partial charge < -0.3 is 15.0 Å². The molecule has 0 bridgehead atoms. The Morgan fingerprint density at radius 1 is 1.04 bits per heavy atom. The van der Waals surface area contributed by atoms with Gasteiger partial charge in [0.05, 0.1) is 12.2 Å². The van der Waals surface area contributed by atoms with Crippen molar-refractivity contribution in [3.63, 3.8) is 0 Å². The molecule has 1 atom stereocenters. The number of fused-ring (bicyclic) bond motifs is 1. The first kappa shape index (κ1) is 17.3. The summed E-state index contributed by atoms with van der Waals surface area (Å²) in [5.41, 5.74) is 2.71. The highest BCUT2D eigenvalue weighted by Gasteiger charge is 2.31. The Labute approximate surface area is 149 Å². The SMILES string of the molecule is CCCCOc1ccc(C2Nc3ccccc3C(=O)N2CCC)cc1. The Hall–Kier alpha value is -2.49. The maximum Gasteiger partial charge on any atom is 0.257 e. The number of unbranched alkanes of at least 4 members (excludes halogenated alkanes) is 1.